The number of aliphatic hydroxyl groups is 1. The molecule has 0 saturated heterocycles. The fourth-order valence-corrected chi connectivity index (χ4v) is 2.25. The molecule has 2 rings (SSSR count). The monoisotopic (exact) mass is 376 g/mol. The summed E-state index contributed by atoms with van der Waals surface area (Å²) in [7, 11) is 0. The van der Waals surface area contributed by atoms with Crippen LogP contribution in [0.25, 0.3) is 0 Å². The van der Waals surface area contributed by atoms with Crippen LogP contribution in [0.4, 0.5) is 10.1 Å². The van der Waals surface area contributed by atoms with Gasteiger partial charge in [0, 0.05) is 22.4 Å². The first kappa shape index (κ1) is 14.2. The summed E-state index contributed by atoms with van der Waals surface area (Å²) in [5, 5.41) is 19.9. The third-order valence-corrected chi connectivity index (χ3v) is 3.42. The minimum absolute atomic E-state index is 0.140. The quantitative estimate of drug-likeness (QED) is 0.758. The van der Waals surface area contributed by atoms with Crippen molar-refractivity contribution >= 4 is 28.3 Å². The summed E-state index contributed by atoms with van der Waals surface area (Å²) in [6.07, 6.45) is 2.49. The first-order valence-electron chi connectivity index (χ1n) is 5.88. The average molecular weight is 376 g/mol. The molecule has 0 fully saturated rings. The summed E-state index contributed by atoms with van der Waals surface area (Å²) in [6, 6.07) is 4.59. The highest BCUT2D eigenvalue weighted by atomic mass is 127. The molecule has 0 aliphatic heterocycles. The predicted octanol–water partition coefficient (Wildman–Crippen LogP) is 2.02. The molecule has 0 unspecified atom stereocenters. The number of aromatic nitrogens is 3. The summed E-state index contributed by atoms with van der Waals surface area (Å²) in [4.78, 5) is 0. The van der Waals surface area contributed by atoms with Crippen molar-refractivity contribution in [1.29, 1.82) is 0 Å². The van der Waals surface area contributed by atoms with Crippen molar-refractivity contribution in [3.8, 4) is 0 Å². The smallest absolute Gasteiger partial charge is 0.124 e. The molecule has 0 aliphatic rings. The van der Waals surface area contributed by atoms with Crippen molar-refractivity contribution < 1.29 is 9.50 Å². The van der Waals surface area contributed by atoms with Crippen LogP contribution in [-0.4, -0.2) is 26.7 Å². The molecule has 1 aromatic heterocycles. The third kappa shape index (κ3) is 4.13. The number of nitrogens with one attached hydrogen (secondary N) is 1. The van der Waals surface area contributed by atoms with Crippen LogP contribution in [0.1, 0.15) is 12.1 Å². The fourth-order valence-electron chi connectivity index (χ4n) is 1.58. The van der Waals surface area contributed by atoms with Crippen LogP contribution < -0.4 is 5.32 Å². The Kier molecular flexibility index (Phi) is 5.08. The number of rotatable bonds is 6. The van der Waals surface area contributed by atoms with Crippen LogP contribution in [0.2, 0.25) is 0 Å². The number of halogens is 2. The van der Waals surface area contributed by atoms with Crippen LogP contribution >= 0.6 is 22.6 Å². The molecule has 0 aliphatic carbocycles. The molecular formula is C12H14FIN4O. The van der Waals surface area contributed by atoms with E-state index >= 15 is 0 Å². The molecule has 0 saturated carbocycles. The Morgan fingerprint density at radius 2 is 2.26 bits per heavy atom. The van der Waals surface area contributed by atoms with Gasteiger partial charge in [0.05, 0.1) is 12.7 Å². The zero-order chi connectivity index (χ0) is 13.7. The van der Waals surface area contributed by atoms with Gasteiger partial charge in [-0.1, -0.05) is 5.21 Å². The second kappa shape index (κ2) is 6.80. The Morgan fingerprint density at radius 1 is 1.42 bits per heavy atom. The molecule has 0 bridgehead atoms. The van der Waals surface area contributed by atoms with Crippen molar-refractivity contribution in [2.45, 2.75) is 19.5 Å². The summed E-state index contributed by atoms with van der Waals surface area (Å²) in [5.74, 6) is -0.245. The first-order chi connectivity index (χ1) is 9.19. The molecule has 5 nitrogen and oxygen atoms in total. The molecule has 1 heterocycles. The van der Waals surface area contributed by atoms with Crippen molar-refractivity contribution in [3.63, 3.8) is 0 Å². The van der Waals surface area contributed by atoms with Crippen LogP contribution in [-0.2, 0) is 13.1 Å². The number of hydrogen-bond donors (Lipinski definition) is 2. The van der Waals surface area contributed by atoms with E-state index < -0.39 is 0 Å². The van der Waals surface area contributed by atoms with Crippen molar-refractivity contribution in [2.75, 3.05) is 11.9 Å². The lowest BCUT2D eigenvalue weighted by atomic mass is 10.3. The molecule has 2 N–H and O–H groups in total. The summed E-state index contributed by atoms with van der Waals surface area (Å²) >= 11 is 2.08. The van der Waals surface area contributed by atoms with Crippen LogP contribution in [0, 0.1) is 9.39 Å². The van der Waals surface area contributed by atoms with Crippen molar-refractivity contribution in [1.82, 2.24) is 15.0 Å². The van der Waals surface area contributed by atoms with Gasteiger partial charge in [0.25, 0.3) is 0 Å². The van der Waals surface area contributed by atoms with Gasteiger partial charge in [0.15, 0.2) is 0 Å². The number of hydrogen-bond acceptors (Lipinski definition) is 4. The van der Waals surface area contributed by atoms with Crippen molar-refractivity contribution in [2.24, 2.45) is 0 Å². The minimum atomic E-state index is -0.245. The van der Waals surface area contributed by atoms with Gasteiger partial charge < -0.3 is 10.4 Å². The van der Waals surface area contributed by atoms with E-state index in [1.54, 1.807) is 10.7 Å². The highest BCUT2D eigenvalue weighted by Gasteiger charge is 2.04. The second-order valence-corrected chi connectivity index (χ2v) is 5.19. The normalized spacial score (nSPS) is 10.7. The summed E-state index contributed by atoms with van der Waals surface area (Å²) in [5.41, 5.74) is 1.67. The van der Waals surface area contributed by atoms with E-state index in [1.165, 1.54) is 12.1 Å². The highest BCUT2D eigenvalue weighted by Crippen LogP contribution is 2.19. The van der Waals surface area contributed by atoms with E-state index in [9.17, 15) is 4.39 Å². The largest absolute Gasteiger partial charge is 0.396 e. The van der Waals surface area contributed by atoms with Crippen LogP contribution in [0.3, 0.4) is 0 Å². The lowest BCUT2D eigenvalue weighted by molar-refractivity contribution is 0.276. The molecule has 19 heavy (non-hydrogen) atoms. The molecule has 2 aromatic rings. The Balaban J connectivity index is 1.92. The average Bonchev–Trinajstić information content (AvgIpc) is 2.83. The first-order valence-corrected chi connectivity index (χ1v) is 6.95. The van der Waals surface area contributed by atoms with Gasteiger partial charge in [-0.3, -0.25) is 4.68 Å². The Hall–Kier alpha value is -1.22. The summed E-state index contributed by atoms with van der Waals surface area (Å²) in [6.45, 7) is 1.32. The zero-order valence-corrected chi connectivity index (χ0v) is 12.3. The zero-order valence-electron chi connectivity index (χ0n) is 10.2. The molecule has 0 radical (unpaired) electrons. The number of nitrogens with zero attached hydrogens (tertiary/aromatic N) is 3. The van der Waals surface area contributed by atoms with Gasteiger partial charge in [0.2, 0.25) is 0 Å². The lowest BCUT2D eigenvalue weighted by Gasteiger charge is -2.06. The van der Waals surface area contributed by atoms with Gasteiger partial charge >= 0.3 is 0 Å². The molecule has 1 aromatic carbocycles. The lowest BCUT2D eigenvalue weighted by Crippen LogP contribution is -2.02. The Morgan fingerprint density at radius 3 is 3.00 bits per heavy atom. The molecule has 0 amide bonds. The number of anilines is 1. The summed E-state index contributed by atoms with van der Waals surface area (Å²) < 4.78 is 15.5. The van der Waals surface area contributed by atoms with Gasteiger partial charge in [-0.15, -0.1) is 5.10 Å². The van der Waals surface area contributed by atoms with Gasteiger partial charge in [0.1, 0.15) is 11.5 Å². The van der Waals surface area contributed by atoms with E-state index in [0.29, 0.717) is 19.5 Å². The maximum Gasteiger partial charge on any atom is 0.124 e. The number of aliphatic hydroxyl groups excluding tert-OH is 1. The maximum atomic E-state index is 13.0. The number of benzene rings is 1. The van der Waals surface area contributed by atoms with Gasteiger partial charge in [-0.05, 0) is 47.2 Å². The SMILES string of the molecule is OCCCn1cc(CNc2ccc(F)cc2I)nn1. The van der Waals surface area contributed by atoms with E-state index in [1.807, 2.05) is 6.20 Å². The van der Waals surface area contributed by atoms with Crippen LogP contribution in [0.15, 0.2) is 24.4 Å². The fraction of sp³-hybridized carbons (Fsp3) is 0.333. The Labute approximate surface area is 124 Å². The van der Waals surface area contributed by atoms with E-state index in [4.69, 9.17) is 5.11 Å². The van der Waals surface area contributed by atoms with E-state index in [2.05, 4.69) is 38.2 Å². The van der Waals surface area contributed by atoms with Crippen molar-refractivity contribution in [3.05, 3.63) is 39.5 Å². The standard InChI is InChI=1S/C12H14FIN4O/c13-9-2-3-12(11(14)6-9)15-7-10-8-18(17-16-10)4-1-5-19/h2-3,6,8,15,19H,1,4-5,7H2. The highest BCUT2D eigenvalue weighted by molar-refractivity contribution is 14.1. The Bertz CT molecular complexity index is 546. The molecular weight excluding hydrogens is 362 g/mol. The third-order valence-electron chi connectivity index (χ3n) is 2.52. The van der Waals surface area contributed by atoms with E-state index in [-0.39, 0.29) is 12.4 Å². The maximum absolute atomic E-state index is 13.0. The minimum Gasteiger partial charge on any atom is -0.396 e. The second-order valence-electron chi connectivity index (χ2n) is 4.03. The molecule has 102 valence electrons. The van der Waals surface area contributed by atoms with Crippen LogP contribution in [0.5, 0.6) is 0 Å². The predicted molar refractivity (Wildman–Crippen MR) is 78.2 cm³/mol. The molecule has 0 spiro atoms. The van der Waals surface area contributed by atoms with Gasteiger partial charge in [-0.25, -0.2) is 4.39 Å². The van der Waals surface area contributed by atoms with Gasteiger partial charge in [-0.2, -0.15) is 0 Å². The van der Waals surface area contributed by atoms with E-state index in [0.717, 1.165) is 15.0 Å². The number of aryl methyl sites for hydroxylation is 1. The molecule has 0 atom stereocenters. The topological polar surface area (TPSA) is 63.0 Å². The molecule has 7 heteroatoms.